The standard InChI is InChI=1S/C11H16BrFN2/c1-8-6-10(13)9(12)7-11(8)14-4-5-15(2)3/h6-7,14H,4-5H2,1-3H3. The van der Waals surface area contributed by atoms with E-state index in [1.54, 1.807) is 6.07 Å². The van der Waals surface area contributed by atoms with E-state index in [9.17, 15) is 4.39 Å². The maximum Gasteiger partial charge on any atom is 0.137 e. The van der Waals surface area contributed by atoms with Gasteiger partial charge in [0.1, 0.15) is 5.82 Å². The number of benzene rings is 1. The second-order valence-electron chi connectivity index (χ2n) is 3.81. The van der Waals surface area contributed by atoms with E-state index < -0.39 is 0 Å². The van der Waals surface area contributed by atoms with Gasteiger partial charge in [0, 0.05) is 18.8 Å². The molecule has 1 N–H and O–H groups in total. The number of rotatable bonds is 4. The predicted octanol–water partition coefficient (Wildman–Crippen LogP) is 2.87. The van der Waals surface area contributed by atoms with Crippen molar-refractivity contribution in [1.29, 1.82) is 0 Å². The third-order valence-corrected chi connectivity index (χ3v) is 2.75. The summed E-state index contributed by atoms with van der Waals surface area (Å²) in [6.45, 7) is 3.70. The van der Waals surface area contributed by atoms with E-state index >= 15 is 0 Å². The van der Waals surface area contributed by atoms with Crippen LogP contribution in [-0.4, -0.2) is 32.1 Å². The third-order valence-electron chi connectivity index (χ3n) is 2.14. The number of hydrogen-bond acceptors (Lipinski definition) is 2. The molecule has 0 atom stereocenters. The number of hydrogen-bond donors (Lipinski definition) is 1. The highest BCUT2D eigenvalue weighted by Gasteiger charge is 2.04. The van der Waals surface area contributed by atoms with Gasteiger partial charge in [-0.25, -0.2) is 4.39 Å². The third kappa shape index (κ3) is 3.80. The monoisotopic (exact) mass is 274 g/mol. The summed E-state index contributed by atoms with van der Waals surface area (Å²) in [4.78, 5) is 2.10. The second-order valence-corrected chi connectivity index (χ2v) is 4.67. The van der Waals surface area contributed by atoms with Crippen LogP contribution in [0.2, 0.25) is 0 Å². The van der Waals surface area contributed by atoms with Gasteiger partial charge in [-0.1, -0.05) is 0 Å². The topological polar surface area (TPSA) is 15.3 Å². The summed E-state index contributed by atoms with van der Waals surface area (Å²) < 4.78 is 13.6. The van der Waals surface area contributed by atoms with Gasteiger partial charge in [0.25, 0.3) is 0 Å². The molecule has 0 bridgehead atoms. The summed E-state index contributed by atoms with van der Waals surface area (Å²) in [5.74, 6) is -0.217. The molecule has 0 aliphatic carbocycles. The fourth-order valence-electron chi connectivity index (χ4n) is 1.25. The van der Waals surface area contributed by atoms with Gasteiger partial charge >= 0.3 is 0 Å². The number of anilines is 1. The van der Waals surface area contributed by atoms with Crippen molar-refractivity contribution < 1.29 is 4.39 Å². The van der Waals surface area contributed by atoms with Crippen molar-refractivity contribution in [2.75, 3.05) is 32.5 Å². The van der Waals surface area contributed by atoms with E-state index in [0.717, 1.165) is 24.3 Å². The van der Waals surface area contributed by atoms with Gasteiger partial charge in [-0.15, -0.1) is 0 Å². The zero-order chi connectivity index (χ0) is 11.4. The van der Waals surface area contributed by atoms with Crippen LogP contribution in [0.1, 0.15) is 5.56 Å². The summed E-state index contributed by atoms with van der Waals surface area (Å²) in [5.41, 5.74) is 1.90. The van der Waals surface area contributed by atoms with Crippen LogP contribution in [0.3, 0.4) is 0 Å². The average molecular weight is 275 g/mol. The largest absolute Gasteiger partial charge is 0.384 e. The smallest absolute Gasteiger partial charge is 0.137 e. The lowest BCUT2D eigenvalue weighted by atomic mass is 10.2. The number of aryl methyl sites for hydroxylation is 1. The van der Waals surface area contributed by atoms with Crippen molar-refractivity contribution in [3.8, 4) is 0 Å². The van der Waals surface area contributed by atoms with Crippen molar-refractivity contribution in [3.05, 3.63) is 28.0 Å². The highest BCUT2D eigenvalue weighted by Crippen LogP contribution is 2.23. The van der Waals surface area contributed by atoms with Crippen LogP contribution in [0.15, 0.2) is 16.6 Å². The molecule has 0 saturated heterocycles. The van der Waals surface area contributed by atoms with E-state index in [1.807, 2.05) is 21.0 Å². The van der Waals surface area contributed by atoms with Crippen molar-refractivity contribution in [3.63, 3.8) is 0 Å². The van der Waals surface area contributed by atoms with Crippen LogP contribution >= 0.6 is 15.9 Å². The van der Waals surface area contributed by atoms with Gasteiger partial charge < -0.3 is 10.2 Å². The van der Waals surface area contributed by atoms with Crippen LogP contribution in [0.25, 0.3) is 0 Å². The first-order chi connectivity index (χ1) is 7.00. The molecule has 84 valence electrons. The lowest BCUT2D eigenvalue weighted by molar-refractivity contribution is 0.425. The zero-order valence-corrected chi connectivity index (χ0v) is 10.9. The van der Waals surface area contributed by atoms with E-state index in [2.05, 4.69) is 26.1 Å². The molecular formula is C11H16BrFN2. The Balaban J connectivity index is 2.65. The quantitative estimate of drug-likeness (QED) is 0.909. The molecule has 1 aromatic rings. The van der Waals surface area contributed by atoms with Crippen molar-refractivity contribution in [2.45, 2.75) is 6.92 Å². The van der Waals surface area contributed by atoms with Crippen LogP contribution < -0.4 is 5.32 Å². The molecule has 2 nitrogen and oxygen atoms in total. The van der Waals surface area contributed by atoms with E-state index in [4.69, 9.17) is 0 Å². The zero-order valence-electron chi connectivity index (χ0n) is 9.27. The van der Waals surface area contributed by atoms with E-state index in [1.165, 1.54) is 6.07 Å². The SMILES string of the molecule is Cc1cc(F)c(Br)cc1NCCN(C)C. The lowest BCUT2D eigenvalue weighted by Crippen LogP contribution is -2.21. The van der Waals surface area contributed by atoms with Crippen molar-refractivity contribution >= 4 is 21.6 Å². The molecule has 15 heavy (non-hydrogen) atoms. The number of nitrogens with one attached hydrogen (secondary N) is 1. The highest BCUT2D eigenvalue weighted by atomic mass is 79.9. The molecule has 0 amide bonds. The Hall–Kier alpha value is -0.610. The average Bonchev–Trinajstić information content (AvgIpc) is 2.13. The first kappa shape index (κ1) is 12.5. The van der Waals surface area contributed by atoms with Gasteiger partial charge in [0.15, 0.2) is 0 Å². The van der Waals surface area contributed by atoms with Crippen LogP contribution in [0.5, 0.6) is 0 Å². The fraction of sp³-hybridized carbons (Fsp3) is 0.455. The minimum atomic E-state index is -0.217. The van der Waals surface area contributed by atoms with Crippen molar-refractivity contribution in [1.82, 2.24) is 4.90 Å². The molecule has 0 saturated carbocycles. The number of nitrogens with zero attached hydrogens (tertiary/aromatic N) is 1. The summed E-state index contributed by atoms with van der Waals surface area (Å²) >= 11 is 3.18. The highest BCUT2D eigenvalue weighted by molar-refractivity contribution is 9.10. The molecule has 0 spiro atoms. The summed E-state index contributed by atoms with van der Waals surface area (Å²) in [5, 5.41) is 3.27. The molecule has 0 aliphatic heterocycles. The van der Waals surface area contributed by atoms with Crippen LogP contribution in [-0.2, 0) is 0 Å². The Morgan fingerprint density at radius 3 is 2.67 bits per heavy atom. The lowest BCUT2D eigenvalue weighted by Gasteiger charge is -2.13. The Labute approximate surface area is 98.6 Å². The fourth-order valence-corrected chi connectivity index (χ4v) is 1.59. The van der Waals surface area contributed by atoms with Gasteiger partial charge in [0.2, 0.25) is 0 Å². The van der Waals surface area contributed by atoms with Gasteiger partial charge in [-0.3, -0.25) is 0 Å². The normalized spacial score (nSPS) is 10.8. The molecule has 0 heterocycles. The predicted molar refractivity (Wildman–Crippen MR) is 65.9 cm³/mol. The maximum atomic E-state index is 13.1. The first-order valence-corrected chi connectivity index (χ1v) is 5.64. The minimum Gasteiger partial charge on any atom is -0.384 e. The molecule has 0 aromatic heterocycles. The van der Waals surface area contributed by atoms with E-state index in [0.29, 0.717) is 4.47 Å². The molecule has 4 heteroatoms. The summed E-state index contributed by atoms with van der Waals surface area (Å²) in [7, 11) is 4.05. The van der Waals surface area contributed by atoms with Gasteiger partial charge in [0.05, 0.1) is 4.47 Å². The summed E-state index contributed by atoms with van der Waals surface area (Å²) in [6, 6.07) is 3.31. The number of likely N-dealkylation sites (N-methyl/N-ethyl adjacent to an activating group) is 1. The number of halogens is 2. The Bertz CT molecular complexity index is 340. The maximum absolute atomic E-state index is 13.1. The Kier molecular flexibility index (Phi) is 4.54. The Morgan fingerprint density at radius 2 is 2.07 bits per heavy atom. The summed E-state index contributed by atoms with van der Waals surface area (Å²) in [6.07, 6.45) is 0. The molecule has 0 fully saturated rings. The van der Waals surface area contributed by atoms with Crippen molar-refractivity contribution in [2.24, 2.45) is 0 Å². The Morgan fingerprint density at radius 1 is 1.40 bits per heavy atom. The van der Waals surface area contributed by atoms with Crippen LogP contribution in [0.4, 0.5) is 10.1 Å². The molecule has 0 unspecified atom stereocenters. The molecular weight excluding hydrogens is 259 g/mol. The second kappa shape index (κ2) is 5.47. The van der Waals surface area contributed by atoms with E-state index in [-0.39, 0.29) is 5.82 Å². The van der Waals surface area contributed by atoms with Gasteiger partial charge in [-0.2, -0.15) is 0 Å². The molecule has 1 aromatic carbocycles. The molecule has 1 rings (SSSR count). The molecule has 0 aliphatic rings. The van der Waals surface area contributed by atoms with Crippen LogP contribution in [0, 0.1) is 12.7 Å². The van der Waals surface area contributed by atoms with Gasteiger partial charge in [-0.05, 0) is 54.6 Å². The first-order valence-electron chi connectivity index (χ1n) is 4.85. The minimum absolute atomic E-state index is 0.217. The molecule has 0 radical (unpaired) electrons.